The van der Waals surface area contributed by atoms with Crippen LogP contribution in [0.3, 0.4) is 0 Å². The van der Waals surface area contributed by atoms with E-state index < -0.39 is 0 Å². The fourth-order valence-corrected chi connectivity index (χ4v) is 1.63. The van der Waals surface area contributed by atoms with Gasteiger partial charge in [0.1, 0.15) is 24.6 Å². The highest BCUT2D eigenvalue weighted by Crippen LogP contribution is 2.05. The molecule has 3 aromatic heterocycles. The largest absolute Gasteiger partial charge is 0.338 e. The highest BCUT2D eigenvalue weighted by molar-refractivity contribution is 5.73. The molecule has 0 fully saturated rings. The standard InChI is InChI=1S/C11H6N6O2/c12-3-7-1-2-8-10(16-7)14-6-17(11(8)18)4-9-13-5-15-19-9/h1-2,5-6H,4H2. The van der Waals surface area contributed by atoms with Gasteiger partial charge in [-0.05, 0) is 12.1 Å². The zero-order valence-corrected chi connectivity index (χ0v) is 9.52. The van der Waals surface area contributed by atoms with Gasteiger partial charge in [0.05, 0.1) is 5.39 Å². The molecule has 8 heteroatoms. The topological polar surface area (TPSA) is 110 Å². The first-order valence-electron chi connectivity index (χ1n) is 5.30. The summed E-state index contributed by atoms with van der Waals surface area (Å²) in [6.45, 7) is 0.141. The maximum Gasteiger partial charge on any atom is 0.263 e. The van der Waals surface area contributed by atoms with Crippen molar-refractivity contribution in [3.63, 3.8) is 0 Å². The van der Waals surface area contributed by atoms with Crippen LogP contribution >= 0.6 is 0 Å². The second-order valence-electron chi connectivity index (χ2n) is 3.69. The lowest BCUT2D eigenvalue weighted by Crippen LogP contribution is -2.21. The molecule has 0 aliphatic heterocycles. The number of aromatic nitrogens is 5. The zero-order valence-electron chi connectivity index (χ0n) is 9.52. The van der Waals surface area contributed by atoms with Crippen LogP contribution in [0.25, 0.3) is 11.0 Å². The van der Waals surface area contributed by atoms with E-state index >= 15 is 0 Å². The van der Waals surface area contributed by atoms with E-state index in [1.807, 2.05) is 6.07 Å². The van der Waals surface area contributed by atoms with Crippen molar-refractivity contribution in [1.29, 1.82) is 5.26 Å². The Labute approximate surface area is 106 Å². The van der Waals surface area contributed by atoms with Crippen molar-refractivity contribution >= 4 is 11.0 Å². The second kappa shape index (κ2) is 4.30. The average molecular weight is 254 g/mol. The van der Waals surface area contributed by atoms with Gasteiger partial charge >= 0.3 is 0 Å². The molecule has 0 amide bonds. The maximum absolute atomic E-state index is 12.2. The van der Waals surface area contributed by atoms with Crippen molar-refractivity contribution in [3.8, 4) is 6.07 Å². The summed E-state index contributed by atoms with van der Waals surface area (Å²) in [5.41, 5.74) is 0.181. The first-order chi connectivity index (χ1) is 9.28. The summed E-state index contributed by atoms with van der Waals surface area (Å²) in [5.74, 6) is 0.310. The monoisotopic (exact) mass is 254 g/mol. The first kappa shape index (κ1) is 11.0. The molecule has 0 aromatic carbocycles. The Morgan fingerprint density at radius 1 is 1.37 bits per heavy atom. The molecule has 0 aliphatic carbocycles. The van der Waals surface area contributed by atoms with Gasteiger partial charge in [0, 0.05) is 0 Å². The minimum atomic E-state index is -0.278. The second-order valence-corrected chi connectivity index (χ2v) is 3.69. The van der Waals surface area contributed by atoms with E-state index in [0.717, 1.165) is 0 Å². The molecule has 0 unspecified atom stereocenters. The van der Waals surface area contributed by atoms with Crippen molar-refractivity contribution in [2.24, 2.45) is 0 Å². The van der Waals surface area contributed by atoms with E-state index in [1.54, 1.807) is 0 Å². The predicted molar refractivity (Wildman–Crippen MR) is 61.9 cm³/mol. The van der Waals surface area contributed by atoms with Gasteiger partial charge in [0.2, 0.25) is 5.89 Å². The number of nitrogens with zero attached hydrogens (tertiary/aromatic N) is 6. The molecule has 0 atom stereocenters. The highest BCUT2D eigenvalue weighted by Gasteiger charge is 2.08. The molecule has 0 bridgehead atoms. The lowest BCUT2D eigenvalue weighted by atomic mass is 10.3. The van der Waals surface area contributed by atoms with Gasteiger partial charge < -0.3 is 4.52 Å². The van der Waals surface area contributed by atoms with Crippen LogP contribution in [0.5, 0.6) is 0 Å². The van der Waals surface area contributed by atoms with Gasteiger partial charge in [-0.15, -0.1) is 0 Å². The summed E-state index contributed by atoms with van der Waals surface area (Å²) >= 11 is 0. The van der Waals surface area contributed by atoms with Crippen molar-refractivity contribution in [3.05, 3.63) is 46.7 Å². The van der Waals surface area contributed by atoms with Crippen molar-refractivity contribution in [2.75, 3.05) is 0 Å². The number of nitriles is 1. The van der Waals surface area contributed by atoms with E-state index in [4.69, 9.17) is 9.78 Å². The number of pyridine rings is 1. The molecule has 0 saturated heterocycles. The summed E-state index contributed by atoms with van der Waals surface area (Å²) in [4.78, 5) is 24.0. The Bertz CT molecular complexity index is 831. The third kappa shape index (κ3) is 1.93. The molecular weight excluding hydrogens is 248 g/mol. The van der Waals surface area contributed by atoms with Crippen LogP contribution in [0.1, 0.15) is 11.6 Å². The Hall–Kier alpha value is -3.08. The molecule has 0 spiro atoms. The first-order valence-corrected chi connectivity index (χ1v) is 5.30. The van der Waals surface area contributed by atoms with Gasteiger partial charge in [-0.1, -0.05) is 5.16 Å². The third-order valence-corrected chi connectivity index (χ3v) is 2.51. The number of hydrogen-bond donors (Lipinski definition) is 0. The SMILES string of the molecule is N#Cc1ccc2c(=O)n(Cc3ncno3)cnc2n1. The Morgan fingerprint density at radius 3 is 3.00 bits per heavy atom. The van der Waals surface area contributed by atoms with Crippen molar-refractivity contribution in [2.45, 2.75) is 6.54 Å². The van der Waals surface area contributed by atoms with Crippen LogP contribution in [0.15, 0.2) is 34.1 Å². The maximum atomic E-state index is 12.2. The number of fused-ring (bicyclic) bond motifs is 1. The summed E-state index contributed by atoms with van der Waals surface area (Å²) in [6, 6.07) is 4.90. The van der Waals surface area contributed by atoms with E-state index in [-0.39, 0.29) is 23.4 Å². The van der Waals surface area contributed by atoms with E-state index in [9.17, 15) is 4.79 Å². The van der Waals surface area contributed by atoms with Crippen LogP contribution in [-0.4, -0.2) is 24.7 Å². The molecule has 0 saturated carbocycles. The van der Waals surface area contributed by atoms with Gasteiger partial charge in [-0.3, -0.25) is 9.36 Å². The normalized spacial score (nSPS) is 10.5. The molecule has 0 radical (unpaired) electrons. The van der Waals surface area contributed by atoms with Gasteiger partial charge in [-0.2, -0.15) is 10.2 Å². The smallest absolute Gasteiger partial charge is 0.263 e. The van der Waals surface area contributed by atoms with Crippen molar-refractivity contribution < 1.29 is 4.52 Å². The van der Waals surface area contributed by atoms with Crippen molar-refractivity contribution in [1.82, 2.24) is 24.7 Å². The molecule has 19 heavy (non-hydrogen) atoms. The van der Waals surface area contributed by atoms with Crippen LogP contribution in [-0.2, 0) is 6.54 Å². The molecule has 8 nitrogen and oxygen atoms in total. The summed E-state index contributed by atoms with van der Waals surface area (Å²) in [5, 5.41) is 12.5. The van der Waals surface area contributed by atoms with Gasteiger partial charge in [-0.25, -0.2) is 9.97 Å². The Balaban J connectivity index is 2.11. The minimum absolute atomic E-state index is 0.141. The summed E-state index contributed by atoms with van der Waals surface area (Å²) in [6.07, 6.45) is 2.60. The molecule has 3 rings (SSSR count). The molecule has 3 heterocycles. The average Bonchev–Trinajstić information content (AvgIpc) is 2.94. The lowest BCUT2D eigenvalue weighted by molar-refractivity contribution is 0.368. The summed E-state index contributed by atoms with van der Waals surface area (Å²) < 4.78 is 6.17. The minimum Gasteiger partial charge on any atom is -0.338 e. The van der Waals surface area contributed by atoms with Gasteiger partial charge in [0.25, 0.3) is 5.56 Å². The number of rotatable bonds is 2. The van der Waals surface area contributed by atoms with E-state index in [0.29, 0.717) is 11.3 Å². The van der Waals surface area contributed by atoms with E-state index in [1.165, 1.54) is 29.4 Å². The highest BCUT2D eigenvalue weighted by atomic mass is 16.5. The van der Waals surface area contributed by atoms with Gasteiger partial charge in [0.15, 0.2) is 12.0 Å². The fraction of sp³-hybridized carbons (Fsp3) is 0.0909. The summed E-state index contributed by atoms with van der Waals surface area (Å²) in [7, 11) is 0. The van der Waals surface area contributed by atoms with Crippen LogP contribution < -0.4 is 5.56 Å². The van der Waals surface area contributed by atoms with E-state index in [2.05, 4.69) is 20.1 Å². The molecule has 0 aliphatic rings. The Morgan fingerprint density at radius 2 is 2.26 bits per heavy atom. The predicted octanol–water partition coefficient (Wildman–Crippen LogP) is 0.0945. The van der Waals surface area contributed by atoms with Crippen LogP contribution in [0.2, 0.25) is 0 Å². The number of hydrogen-bond acceptors (Lipinski definition) is 7. The van der Waals surface area contributed by atoms with Crippen LogP contribution in [0.4, 0.5) is 0 Å². The molecule has 0 N–H and O–H groups in total. The molecule has 3 aromatic rings. The quantitative estimate of drug-likeness (QED) is 0.637. The zero-order chi connectivity index (χ0) is 13.2. The molecular formula is C11H6N6O2. The third-order valence-electron chi connectivity index (χ3n) is 2.51. The fourth-order valence-electron chi connectivity index (χ4n) is 1.63. The van der Waals surface area contributed by atoms with Crippen LogP contribution in [0, 0.1) is 11.3 Å². The Kier molecular flexibility index (Phi) is 2.50. The molecule has 92 valence electrons. The lowest BCUT2D eigenvalue weighted by Gasteiger charge is -2.02.